The van der Waals surface area contributed by atoms with Crippen molar-refractivity contribution >= 4 is 22.5 Å². The number of morpholine rings is 1. The van der Waals surface area contributed by atoms with Crippen LogP contribution in [-0.4, -0.2) is 53.3 Å². The molecule has 1 saturated heterocycles. The fourth-order valence-corrected chi connectivity index (χ4v) is 3.80. The molecule has 0 radical (unpaired) electrons. The Balaban J connectivity index is 1.57. The molecule has 1 N–H and O–H groups in total. The Bertz CT molecular complexity index is 1240. The Morgan fingerprint density at radius 2 is 1.81 bits per heavy atom. The van der Waals surface area contributed by atoms with Gasteiger partial charge in [-0.3, -0.25) is 0 Å². The molecule has 31 heavy (non-hydrogen) atoms. The lowest BCUT2D eigenvalue weighted by atomic mass is 10.0. The lowest BCUT2D eigenvalue weighted by molar-refractivity contribution is 0.122. The average Bonchev–Trinajstić information content (AvgIpc) is 2.84. The Kier molecular flexibility index (Phi) is 5.13. The van der Waals surface area contributed by atoms with Crippen molar-refractivity contribution in [3.8, 4) is 22.5 Å². The van der Waals surface area contributed by atoms with Gasteiger partial charge >= 0.3 is 0 Å². The van der Waals surface area contributed by atoms with Crippen LogP contribution in [0.1, 0.15) is 0 Å². The van der Waals surface area contributed by atoms with E-state index in [4.69, 9.17) is 4.74 Å². The van der Waals surface area contributed by atoms with E-state index in [1.165, 1.54) is 6.33 Å². The zero-order valence-corrected chi connectivity index (χ0v) is 17.0. The normalized spacial score (nSPS) is 14.1. The number of aromatic nitrogens is 4. The van der Waals surface area contributed by atoms with Gasteiger partial charge in [-0.05, 0) is 30.3 Å². The Hall–Kier alpha value is -3.65. The predicted octanol–water partition coefficient (Wildman–Crippen LogP) is 3.77. The molecule has 1 aliphatic heterocycles. The number of fused-ring (bicyclic) bond motifs is 1. The van der Waals surface area contributed by atoms with Crippen LogP contribution in [0, 0.1) is 5.82 Å². The molecule has 0 aliphatic carbocycles. The fourth-order valence-electron chi connectivity index (χ4n) is 3.80. The second-order valence-corrected chi connectivity index (χ2v) is 7.24. The molecule has 1 aliphatic rings. The highest BCUT2D eigenvalue weighted by molar-refractivity contribution is 5.94. The van der Waals surface area contributed by atoms with Crippen LogP contribution in [0.25, 0.3) is 33.4 Å². The van der Waals surface area contributed by atoms with E-state index in [2.05, 4.69) is 25.3 Å². The maximum absolute atomic E-state index is 15.0. The highest BCUT2D eigenvalue weighted by Crippen LogP contribution is 2.32. The van der Waals surface area contributed by atoms with E-state index < -0.39 is 0 Å². The minimum absolute atomic E-state index is 0.267. The summed E-state index contributed by atoms with van der Waals surface area (Å²) in [6.07, 6.45) is 3.22. The van der Waals surface area contributed by atoms with Gasteiger partial charge < -0.3 is 15.0 Å². The van der Waals surface area contributed by atoms with Crippen LogP contribution in [0.5, 0.6) is 0 Å². The van der Waals surface area contributed by atoms with Crippen molar-refractivity contribution in [1.29, 1.82) is 0 Å². The number of benzene rings is 2. The largest absolute Gasteiger partial charge is 0.378 e. The van der Waals surface area contributed by atoms with E-state index in [1.807, 2.05) is 41.3 Å². The van der Waals surface area contributed by atoms with Crippen molar-refractivity contribution in [1.82, 2.24) is 19.9 Å². The van der Waals surface area contributed by atoms with Gasteiger partial charge in [0.2, 0.25) is 5.95 Å². The van der Waals surface area contributed by atoms with Gasteiger partial charge in [-0.25, -0.2) is 24.3 Å². The van der Waals surface area contributed by atoms with Crippen LogP contribution in [0.15, 0.2) is 55.0 Å². The number of nitrogens with zero attached hydrogens (tertiary/aromatic N) is 5. The number of nitrogens with one attached hydrogen (secondary N) is 1. The summed E-state index contributed by atoms with van der Waals surface area (Å²) in [4.78, 5) is 19.5. The van der Waals surface area contributed by atoms with Crippen LogP contribution in [0.3, 0.4) is 0 Å². The third-order valence-corrected chi connectivity index (χ3v) is 5.38. The standard InChI is InChI=1S/C23H21FN6O/c1-25-23-26-7-6-19(29-23)15-2-4-20-17(12-15)22(28-14-27-20)16-3-5-21(18(24)13-16)30-8-10-31-11-9-30/h2-7,12-14H,8-11H2,1H3,(H,25,26,29). The molecule has 5 rings (SSSR count). The minimum atomic E-state index is -0.267. The molecule has 0 amide bonds. The van der Waals surface area contributed by atoms with Gasteiger partial charge in [0.05, 0.1) is 35.8 Å². The van der Waals surface area contributed by atoms with Crippen LogP contribution in [-0.2, 0) is 4.74 Å². The third-order valence-electron chi connectivity index (χ3n) is 5.38. The van der Waals surface area contributed by atoms with Crippen LogP contribution >= 0.6 is 0 Å². The first-order valence-corrected chi connectivity index (χ1v) is 10.1. The molecule has 3 heterocycles. The maximum Gasteiger partial charge on any atom is 0.222 e. The first-order chi connectivity index (χ1) is 15.2. The van der Waals surface area contributed by atoms with E-state index >= 15 is 0 Å². The second kappa shape index (κ2) is 8.23. The van der Waals surface area contributed by atoms with Gasteiger partial charge in [-0.15, -0.1) is 0 Å². The zero-order valence-electron chi connectivity index (χ0n) is 17.0. The monoisotopic (exact) mass is 416 g/mol. The van der Waals surface area contributed by atoms with Gasteiger partial charge in [-0.1, -0.05) is 12.1 Å². The van der Waals surface area contributed by atoms with Gasteiger partial charge in [-0.2, -0.15) is 0 Å². The lowest BCUT2D eigenvalue weighted by Crippen LogP contribution is -2.36. The van der Waals surface area contributed by atoms with Crippen molar-refractivity contribution in [3.05, 3.63) is 60.8 Å². The first-order valence-electron chi connectivity index (χ1n) is 10.1. The maximum atomic E-state index is 15.0. The molecule has 4 aromatic rings. The van der Waals surface area contributed by atoms with Gasteiger partial charge in [0.1, 0.15) is 12.1 Å². The van der Waals surface area contributed by atoms with Crippen molar-refractivity contribution < 1.29 is 9.13 Å². The Labute approximate surface area is 179 Å². The van der Waals surface area contributed by atoms with E-state index in [-0.39, 0.29) is 5.82 Å². The second-order valence-electron chi connectivity index (χ2n) is 7.24. The molecule has 156 valence electrons. The topological polar surface area (TPSA) is 76.1 Å². The molecule has 1 fully saturated rings. The summed E-state index contributed by atoms with van der Waals surface area (Å²) in [5.41, 5.74) is 4.46. The van der Waals surface area contributed by atoms with E-state index in [0.717, 1.165) is 22.2 Å². The molecule has 2 aromatic heterocycles. The predicted molar refractivity (Wildman–Crippen MR) is 119 cm³/mol. The molecular formula is C23H21FN6O. The lowest BCUT2D eigenvalue weighted by Gasteiger charge is -2.29. The molecule has 0 saturated carbocycles. The number of hydrogen-bond acceptors (Lipinski definition) is 7. The molecule has 8 heteroatoms. The van der Waals surface area contributed by atoms with Crippen molar-refractivity contribution in [2.45, 2.75) is 0 Å². The molecule has 2 aromatic carbocycles. The summed E-state index contributed by atoms with van der Waals surface area (Å²) in [5, 5.41) is 3.79. The molecular weight excluding hydrogens is 395 g/mol. The van der Waals surface area contributed by atoms with E-state index in [9.17, 15) is 4.39 Å². The number of rotatable bonds is 4. The SMILES string of the molecule is CNc1nccc(-c2ccc3ncnc(-c4ccc(N5CCOCC5)c(F)c4)c3c2)n1. The number of hydrogen-bond donors (Lipinski definition) is 1. The van der Waals surface area contributed by atoms with Crippen LogP contribution < -0.4 is 10.2 Å². The number of ether oxygens (including phenoxy) is 1. The van der Waals surface area contributed by atoms with Gasteiger partial charge in [0, 0.05) is 42.8 Å². The summed E-state index contributed by atoms with van der Waals surface area (Å²) >= 11 is 0. The molecule has 0 unspecified atom stereocenters. The highest BCUT2D eigenvalue weighted by atomic mass is 19.1. The molecule has 0 bridgehead atoms. The van der Waals surface area contributed by atoms with Crippen LogP contribution in [0.2, 0.25) is 0 Å². The number of halogens is 1. The fraction of sp³-hybridized carbons (Fsp3) is 0.217. The summed E-state index contributed by atoms with van der Waals surface area (Å²) in [7, 11) is 1.78. The van der Waals surface area contributed by atoms with Gasteiger partial charge in [0.15, 0.2) is 0 Å². The highest BCUT2D eigenvalue weighted by Gasteiger charge is 2.17. The van der Waals surface area contributed by atoms with Gasteiger partial charge in [0.25, 0.3) is 0 Å². The smallest absolute Gasteiger partial charge is 0.222 e. The van der Waals surface area contributed by atoms with Crippen molar-refractivity contribution in [3.63, 3.8) is 0 Å². The Morgan fingerprint density at radius 1 is 0.968 bits per heavy atom. The van der Waals surface area contributed by atoms with E-state index in [1.54, 1.807) is 19.3 Å². The minimum Gasteiger partial charge on any atom is -0.378 e. The first kappa shape index (κ1) is 19.3. The Morgan fingerprint density at radius 3 is 2.61 bits per heavy atom. The summed E-state index contributed by atoms with van der Waals surface area (Å²) in [5.74, 6) is 0.277. The summed E-state index contributed by atoms with van der Waals surface area (Å²) in [6, 6.07) is 13.0. The summed E-state index contributed by atoms with van der Waals surface area (Å²) in [6.45, 7) is 2.59. The summed E-state index contributed by atoms with van der Waals surface area (Å²) < 4.78 is 20.4. The third kappa shape index (κ3) is 3.77. The van der Waals surface area contributed by atoms with E-state index in [0.29, 0.717) is 49.2 Å². The van der Waals surface area contributed by atoms with Crippen LogP contribution in [0.4, 0.5) is 16.0 Å². The van der Waals surface area contributed by atoms with Crippen molar-refractivity contribution in [2.75, 3.05) is 43.6 Å². The zero-order chi connectivity index (χ0) is 21.2. The quantitative estimate of drug-likeness (QED) is 0.543. The van der Waals surface area contributed by atoms with Crippen molar-refractivity contribution in [2.24, 2.45) is 0 Å². The number of anilines is 2. The molecule has 7 nitrogen and oxygen atoms in total. The molecule has 0 atom stereocenters. The molecule has 0 spiro atoms. The average molecular weight is 416 g/mol.